The second-order valence-electron chi connectivity index (χ2n) is 4.86. The van der Waals surface area contributed by atoms with E-state index in [1.54, 1.807) is 18.5 Å². The predicted molar refractivity (Wildman–Crippen MR) is 82.8 cm³/mol. The molecule has 1 heterocycles. The first-order valence-corrected chi connectivity index (χ1v) is 8.31. The van der Waals surface area contributed by atoms with E-state index in [2.05, 4.69) is 9.71 Å². The van der Waals surface area contributed by atoms with Crippen LogP contribution >= 0.6 is 0 Å². The summed E-state index contributed by atoms with van der Waals surface area (Å²) in [6, 6.07) is 9.12. The zero-order valence-electron chi connectivity index (χ0n) is 11.9. The summed E-state index contributed by atoms with van der Waals surface area (Å²) in [6.07, 6.45) is 3.37. The zero-order chi connectivity index (χ0) is 15.3. The van der Waals surface area contributed by atoms with Crippen LogP contribution in [0.5, 0.6) is 0 Å². The minimum Gasteiger partial charge on any atom is -0.326 e. The first kappa shape index (κ1) is 15.6. The van der Waals surface area contributed by atoms with Crippen molar-refractivity contribution in [2.24, 2.45) is 5.73 Å². The monoisotopic (exact) mass is 305 g/mol. The van der Waals surface area contributed by atoms with Gasteiger partial charge in [-0.15, -0.1) is 0 Å². The third kappa shape index (κ3) is 4.35. The summed E-state index contributed by atoms with van der Waals surface area (Å²) in [5.41, 5.74) is 9.10. The van der Waals surface area contributed by atoms with Gasteiger partial charge in [0.2, 0.25) is 10.0 Å². The number of nitrogens with two attached hydrogens (primary N) is 1. The van der Waals surface area contributed by atoms with Gasteiger partial charge in [0.05, 0.1) is 5.75 Å². The van der Waals surface area contributed by atoms with E-state index in [1.807, 2.05) is 31.2 Å². The fourth-order valence-electron chi connectivity index (χ4n) is 2.04. The lowest BCUT2D eigenvalue weighted by Crippen LogP contribution is -2.25. The smallest absolute Gasteiger partial charge is 0.216 e. The summed E-state index contributed by atoms with van der Waals surface area (Å²) < 4.78 is 27.0. The van der Waals surface area contributed by atoms with Gasteiger partial charge in [-0.2, -0.15) is 0 Å². The van der Waals surface area contributed by atoms with Crippen molar-refractivity contribution in [3.05, 3.63) is 65.0 Å². The van der Waals surface area contributed by atoms with Crippen LogP contribution in [0.3, 0.4) is 0 Å². The first-order chi connectivity index (χ1) is 10.0. The molecule has 0 spiro atoms. The molecular weight excluding hydrogens is 286 g/mol. The molecule has 0 unspecified atom stereocenters. The molecule has 0 fully saturated rings. The van der Waals surface area contributed by atoms with E-state index in [1.165, 1.54) is 0 Å². The topological polar surface area (TPSA) is 85.1 Å². The third-order valence-electron chi connectivity index (χ3n) is 3.30. The first-order valence-electron chi connectivity index (χ1n) is 6.65. The number of aryl methyl sites for hydroxylation is 1. The SMILES string of the molecule is Cc1cnccc1CNS(=O)(=O)Cc1ccccc1CN. The standard InChI is InChI=1S/C15H19N3O2S/c1-12-9-17-7-6-14(12)10-18-21(19,20)11-15-5-3-2-4-13(15)8-16/h2-7,9,18H,8,10-11,16H2,1H3. The largest absolute Gasteiger partial charge is 0.326 e. The summed E-state index contributed by atoms with van der Waals surface area (Å²) in [7, 11) is -3.41. The Labute approximate surface area is 125 Å². The number of hydrogen-bond acceptors (Lipinski definition) is 4. The normalized spacial score (nSPS) is 11.5. The molecule has 0 aliphatic carbocycles. The Morgan fingerprint density at radius 2 is 1.86 bits per heavy atom. The Morgan fingerprint density at radius 3 is 2.52 bits per heavy atom. The summed E-state index contributed by atoms with van der Waals surface area (Å²) in [5.74, 6) is -0.0650. The second kappa shape index (κ2) is 6.80. The van der Waals surface area contributed by atoms with Crippen molar-refractivity contribution < 1.29 is 8.42 Å². The summed E-state index contributed by atoms with van der Waals surface area (Å²) in [4.78, 5) is 3.99. The number of aromatic nitrogens is 1. The third-order valence-corrected chi connectivity index (χ3v) is 4.58. The van der Waals surface area contributed by atoms with Gasteiger partial charge in [-0.25, -0.2) is 13.1 Å². The van der Waals surface area contributed by atoms with Crippen LogP contribution in [0.1, 0.15) is 22.3 Å². The maximum absolute atomic E-state index is 12.2. The molecule has 0 radical (unpaired) electrons. The number of benzene rings is 1. The molecule has 1 aromatic heterocycles. The highest BCUT2D eigenvalue weighted by Crippen LogP contribution is 2.12. The Morgan fingerprint density at radius 1 is 1.14 bits per heavy atom. The van der Waals surface area contributed by atoms with Gasteiger partial charge in [0.25, 0.3) is 0 Å². The molecule has 0 amide bonds. The van der Waals surface area contributed by atoms with E-state index >= 15 is 0 Å². The van der Waals surface area contributed by atoms with E-state index in [-0.39, 0.29) is 12.3 Å². The van der Waals surface area contributed by atoms with E-state index < -0.39 is 10.0 Å². The van der Waals surface area contributed by atoms with Crippen molar-refractivity contribution in [2.45, 2.75) is 25.8 Å². The lowest BCUT2D eigenvalue weighted by molar-refractivity contribution is 0.580. The average Bonchev–Trinajstić information content (AvgIpc) is 2.47. The van der Waals surface area contributed by atoms with Gasteiger partial charge in [-0.3, -0.25) is 4.98 Å². The Bertz CT molecular complexity index is 714. The maximum atomic E-state index is 12.2. The number of sulfonamides is 1. The molecule has 0 aliphatic heterocycles. The highest BCUT2D eigenvalue weighted by Gasteiger charge is 2.14. The number of nitrogens with zero attached hydrogens (tertiary/aromatic N) is 1. The van der Waals surface area contributed by atoms with Crippen LogP contribution in [-0.2, 0) is 28.9 Å². The van der Waals surface area contributed by atoms with Gasteiger partial charge < -0.3 is 5.73 Å². The minimum absolute atomic E-state index is 0.0650. The van der Waals surface area contributed by atoms with Crippen LogP contribution in [0, 0.1) is 6.92 Å². The molecule has 0 bridgehead atoms. The van der Waals surface area contributed by atoms with Crippen LogP contribution in [0.4, 0.5) is 0 Å². The zero-order valence-corrected chi connectivity index (χ0v) is 12.7. The van der Waals surface area contributed by atoms with Crippen LogP contribution in [0.15, 0.2) is 42.7 Å². The molecule has 2 aromatic rings. The van der Waals surface area contributed by atoms with E-state index in [0.717, 1.165) is 22.3 Å². The van der Waals surface area contributed by atoms with Gasteiger partial charge in [0, 0.05) is 25.5 Å². The van der Waals surface area contributed by atoms with Crippen molar-refractivity contribution in [2.75, 3.05) is 0 Å². The molecule has 1 aromatic carbocycles. The highest BCUT2D eigenvalue weighted by atomic mass is 32.2. The molecule has 21 heavy (non-hydrogen) atoms. The van der Waals surface area contributed by atoms with E-state index in [0.29, 0.717) is 6.54 Å². The molecule has 0 aliphatic rings. The highest BCUT2D eigenvalue weighted by molar-refractivity contribution is 7.88. The maximum Gasteiger partial charge on any atom is 0.216 e. The fraction of sp³-hybridized carbons (Fsp3) is 0.267. The van der Waals surface area contributed by atoms with E-state index in [4.69, 9.17) is 5.73 Å². The van der Waals surface area contributed by atoms with Gasteiger partial charge in [0.1, 0.15) is 0 Å². The van der Waals surface area contributed by atoms with Crippen LogP contribution in [0.25, 0.3) is 0 Å². The van der Waals surface area contributed by atoms with Crippen LogP contribution < -0.4 is 10.5 Å². The molecular formula is C15H19N3O2S. The Hall–Kier alpha value is -1.76. The number of hydrogen-bond donors (Lipinski definition) is 2. The Balaban J connectivity index is 2.07. The Kier molecular flexibility index (Phi) is 5.06. The van der Waals surface area contributed by atoms with Crippen molar-refractivity contribution in [1.29, 1.82) is 0 Å². The van der Waals surface area contributed by atoms with Crippen molar-refractivity contribution in [3.8, 4) is 0 Å². The van der Waals surface area contributed by atoms with Crippen LogP contribution in [0.2, 0.25) is 0 Å². The van der Waals surface area contributed by atoms with Gasteiger partial charge in [-0.1, -0.05) is 24.3 Å². The van der Waals surface area contributed by atoms with Gasteiger partial charge in [0.15, 0.2) is 0 Å². The lowest BCUT2D eigenvalue weighted by atomic mass is 10.1. The summed E-state index contributed by atoms with van der Waals surface area (Å²) in [6.45, 7) is 2.50. The van der Waals surface area contributed by atoms with Crippen LogP contribution in [-0.4, -0.2) is 13.4 Å². The van der Waals surface area contributed by atoms with Gasteiger partial charge in [-0.05, 0) is 35.2 Å². The summed E-state index contributed by atoms with van der Waals surface area (Å²) >= 11 is 0. The molecule has 6 heteroatoms. The fourth-order valence-corrected chi connectivity index (χ4v) is 3.21. The molecule has 2 rings (SSSR count). The van der Waals surface area contributed by atoms with Crippen molar-refractivity contribution >= 4 is 10.0 Å². The van der Waals surface area contributed by atoms with Gasteiger partial charge >= 0.3 is 0 Å². The van der Waals surface area contributed by atoms with E-state index in [9.17, 15) is 8.42 Å². The average molecular weight is 305 g/mol. The molecule has 0 atom stereocenters. The van der Waals surface area contributed by atoms with Crippen molar-refractivity contribution in [1.82, 2.24) is 9.71 Å². The number of pyridine rings is 1. The quantitative estimate of drug-likeness (QED) is 0.846. The lowest BCUT2D eigenvalue weighted by Gasteiger charge is -2.11. The van der Waals surface area contributed by atoms with Crippen molar-refractivity contribution in [3.63, 3.8) is 0 Å². The number of nitrogens with one attached hydrogen (secondary N) is 1. The summed E-state index contributed by atoms with van der Waals surface area (Å²) in [5, 5.41) is 0. The predicted octanol–water partition coefficient (Wildman–Crippen LogP) is 1.47. The molecule has 5 nitrogen and oxygen atoms in total. The molecule has 0 saturated heterocycles. The molecule has 0 saturated carbocycles. The minimum atomic E-state index is -3.41. The molecule has 3 N–H and O–H groups in total. The number of rotatable bonds is 6. The molecule has 112 valence electrons. The second-order valence-corrected chi connectivity index (χ2v) is 6.66.